The maximum Gasteiger partial charge on any atom is 0.303 e. The molecule has 2 aromatic rings. The van der Waals surface area contributed by atoms with E-state index in [0.717, 1.165) is 15.2 Å². The lowest BCUT2D eigenvalue weighted by atomic mass is 10.2. The Balaban J connectivity index is 1.72. The molecule has 0 aliphatic rings. The summed E-state index contributed by atoms with van der Waals surface area (Å²) in [5.41, 5.74) is 0.986. The Morgan fingerprint density at radius 2 is 2.05 bits per heavy atom. The summed E-state index contributed by atoms with van der Waals surface area (Å²) >= 11 is 1.63. The van der Waals surface area contributed by atoms with Gasteiger partial charge in [-0.25, -0.2) is 4.98 Å². The number of aliphatic carboxylic acids is 1. The summed E-state index contributed by atoms with van der Waals surface area (Å²) in [5, 5.41) is 12.3. The fraction of sp³-hybridized carbons (Fsp3) is 0.357. The number of carboxylic acid groups (broad SMARTS) is 1. The van der Waals surface area contributed by atoms with Crippen molar-refractivity contribution >= 4 is 33.4 Å². The van der Waals surface area contributed by atoms with Crippen molar-refractivity contribution in [3.05, 3.63) is 29.3 Å². The Morgan fingerprint density at radius 1 is 1.25 bits per heavy atom. The first kappa shape index (κ1) is 14.5. The monoisotopic (exact) mass is 292 g/mol. The number of nitrogens with one attached hydrogen (secondary N) is 1. The molecule has 0 spiro atoms. The van der Waals surface area contributed by atoms with Crippen LogP contribution in [0.3, 0.4) is 0 Å². The van der Waals surface area contributed by atoms with Crippen LogP contribution in [-0.4, -0.2) is 28.5 Å². The summed E-state index contributed by atoms with van der Waals surface area (Å²) in [4.78, 5) is 26.3. The minimum atomic E-state index is -0.868. The van der Waals surface area contributed by atoms with Gasteiger partial charge in [0.2, 0.25) is 5.91 Å². The number of carbonyl (C=O) groups is 2. The maximum atomic E-state index is 11.5. The number of aromatic nitrogens is 1. The van der Waals surface area contributed by atoms with Crippen LogP contribution >= 0.6 is 11.3 Å². The van der Waals surface area contributed by atoms with Crippen LogP contribution in [0.5, 0.6) is 0 Å². The third-order valence-corrected chi connectivity index (χ3v) is 3.89. The van der Waals surface area contributed by atoms with Crippen molar-refractivity contribution in [2.75, 3.05) is 6.54 Å². The molecule has 0 aliphatic carbocycles. The molecular formula is C14H16N2O3S. The molecule has 106 valence electrons. The highest BCUT2D eigenvalue weighted by molar-refractivity contribution is 7.18. The molecule has 0 aliphatic heterocycles. The normalized spacial score (nSPS) is 10.6. The summed E-state index contributed by atoms with van der Waals surface area (Å²) in [6, 6.07) is 7.94. The van der Waals surface area contributed by atoms with Crippen molar-refractivity contribution in [3.63, 3.8) is 0 Å². The Labute approximate surface area is 120 Å². The van der Waals surface area contributed by atoms with Gasteiger partial charge in [0.1, 0.15) is 0 Å². The van der Waals surface area contributed by atoms with Gasteiger partial charge in [0.05, 0.1) is 15.2 Å². The van der Waals surface area contributed by atoms with Crippen LogP contribution < -0.4 is 5.32 Å². The number of benzene rings is 1. The molecular weight excluding hydrogens is 276 g/mol. The van der Waals surface area contributed by atoms with Crippen LogP contribution in [0.2, 0.25) is 0 Å². The first-order valence-electron chi connectivity index (χ1n) is 6.48. The number of fused-ring (bicyclic) bond motifs is 1. The van der Waals surface area contributed by atoms with E-state index in [1.807, 2.05) is 24.3 Å². The number of hydrogen-bond donors (Lipinski definition) is 2. The topological polar surface area (TPSA) is 79.3 Å². The van der Waals surface area contributed by atoms with Gasteiger partial charge in [0.25, 0.3) is 0 Å². The van der Waals surface area contributed by atoms with Crippen LogP contribution in [0.4, 0.5) is 0 Å². The van der Waals surface area contributed by atoms with Gasteiger partial charge in [-0.1, -0.05) is 12.1 Å². The van der Waals surface area contributed by atoms with Gasteiger partial charge in [0, 0.05) is 25.8 Å². The van der Waals surface area contributed by atoms with E-state index in [4.69, 9.17) is 5.11 Å². The molecule has 6 heteroatoms. The highest BCUT2D eigenvalue weighted by Gasteiger charge is 2.05. The fourth-order valence-corrected chi connectivity index (χ4v) is 2.79. The van der Waals surface area contributed by atoms with Gasteiger partial charge in [-0.3, -0.25) is 9.59 Å². The van der Waals surface area contributed by atoms with E-state index in [9.17, 15) is 9.59 Å². The molecule has 0 radical (unpaired) electrons. The van der Waals surface area contributed by atoms with Crippen molar-refractivity contribution < 1.29 is 14.7 Å². The first-order valence-corrected chi connectivity index (χ1v) is 7.30. The van der Waals surface area contributed by atoms with E-state index in [0.29, 0.717) is 19.4 Å². The number of carbonyl (C=O) groups excluding carboxylic acids is 1. The number of para-hydroxylation sites is 1. The van der Waals surface area contributed by atoms with Crippen LogP contribution in [0.25, 0.3) is 10.2 Å². The summed E-state index contributed by atoms with van der Waals surface area (Å²) in [6.45, 7) is 0.533. The number of nitrogens with zero attached hydrogens (tertiary/aromatic N) is 1. The molecule has 2 rings (SSSR count). The van der Waals surface area contributed by atoms with Gasteiger partial charge in [-0.05, 0) is 18.6 Å². The summed E-state index contributed by atoms with van der Waals surface area (Å²) in [7, 11) is 0. The maximum absolute atomic E-state index is 11.5. The van der Waals surface area contributed by atoms with Crippen LogP contribution in [0, 0.1) is 0 Å². The zero-order chi connectivity index (χ0) is 14.4. The van der Waals surface area contributed by atoms with E-state index < -0.39 is 5.97 Å². The van der Waals surface area contributed by atoms with Crippen molar-refractivity contribution in [1.29, 1.82) is 0 Å². The SMILES string of the molecule is O=C(O)CCCC(=O)NCCc1nc2ccccc2s1. The summed E-state index contributed by atoms with van der Waals surface area (Å²) in [6.07, 6.45) is 1.36. The molecule has 0 atom stereocenters. The zero-order valence-electron chi connectivity index (χ0n) is 11.0. The molecule has 0 unspecified atom stereocenters. The van der Waals surface area contributed by atoms with E-state index in [1.165, 1.54) is 0 Å². The predicted octanol–water partition coefficient (Wildman–Crippen LogP) is 2.21. The Kier molecular flexibility index (Phi) is 5.06. The zero-order valence-corrected chi connectivity index (χ0v) is 11.8. The lowest BCUT2D eigenvalue weighted by molar-refractivity contribution is -0.137. The number of amides is 1. The molecule has 0 saturated heterocycles. The molecule has 1 aromatic heterocycles. The standard InChI is InChI=1S/C14H16N2O3S/c17-12(6-3-7-14(18)19)15-9-8-13-16-10-4-1-2-5-11(10)20-13/h1-2,4-5H,3,6-9H2,(H,15,17)(H,18,19). The number of thiazole rings is 1. The van der Waals surface area contributed by atoms with Crippen molar-refractivity contribution in [2.24, 2.45) is 0 Å². The quantitative estimate of drug-likeness (QED) is 0.820. The second-order valence-electron chi connectivity index (χ2n) is 4.42. The third kappa shape index (κ3) is 4.31. The van der Waals surface area contributed by atoms with Crippen molar-refractivity contribution in [2.45, 2.75) is 25.7 Å². The molecule has 1 aromatic carbocycles. The van der Waals surface area contributed by atoms with Crippen molar-refractivity contribution in [3.8, 4) is 0 Å². The molecule has 20 heavy (non-hydrogen) atoms. The highest BCUT2D eigenvalue weighted by Crippen LogP contribution is 2.21. The second kappa shape index (κ2) is 7.00. The summed E-state index contributed by atoms with van der Waals surface area (Å²) < 4.78 is 1.15. The Bertz CT molecular complexity index is 576. The Hall–Kier alpha value is -1.95. The molecule has 1 heterocycles. The number of hydrogen-bond acceptors (Lipinski definition) is 4. The van der Waals surface area contributed by atoms with E-state index in [1.54, 1.807) is 11.3 Å². The smallest absolute Gasteiger partial charge is 0.303 e. The van der Waals surface area contributed by atoms with Crippen LogP contribution in [0.1, 0.15) is 24.3 Å². The molecule has 0 bridgehead atoms. The highest BCUT2D eigenvalue weighted by atomic mass is 32.1. The van der Waals surface area contributed by atoms with Crippen LogP contribution in [-0.2, 0) is 16.0 Å². The predicted molar refractivity (Wildman–Crippen MR) is 77.8 cm³/mol. The minimum Gasteiger partial charge on any atom is -0.481 e. The molecule has 0 saturated carbocycles. The molecule has 1 amide bonds. The largest absolute Gasteiger partial charge is 0.481 e. The van der Waals surface area contributed by atoms with E-state index in [2.05, 4.69) is 10.3 Å². The lowest BCUT2D eigenvalue weighted by Gasteiger charge is -2.02. The number of rotatable bonds is 7. The molecule has 2 N–H and O–H groups in total. The van der Waals surface area contributed by atoms with Gasteiger partial charge in [-0.2, -0.15) is 0 Å². The average molecular weight is 292 g/mol. The van der Waals surface area contributed by atoms with Crippen LogP contribution in [0.15, 0.2) is 24.3 Å². The van der Waals surface area contributed by atoms with E-state index in [-0.39, 0.29) is 18.7 Å². The first-order chi connectivity index (χ1) is 9.65. The molecule has 5 nitrogen and oxygen atoms in total. The van der Waals surface area contributed by atoms with Gasteiger partial charge < -0.3 is 10.4 Å². The average Bonchev–Trinajstić information content (AvgIpc) is 2.80. The van der Waals surface area contributed by atoms with E-state index >= 15 is 0 Å². The summed E-state index contributed by atoms with van der Waals surface area (Å²) in [5.74, 6) is -0.973. The fourth-order valence-electron chi connectivity index (χ4n) is 1.82. The molecule has 0 fully saturated rings. The Morgan fingerprint density at radius 3 is 2.80 bits per heavy atom. The van der Waals surface area contributed by atoms with Gasteiger partial charge >= 0.3 is 5.97 Å². The second-order valence-corrected chi connectivity index (χ2v) is 5.54. The third-order valence-electron chi connectivity index (χ3n) is 2.79. The lowest BCUT2D eigenvalue weighted by Crippen LogP contribution is -2.25. The van der Waals surface area contributed by atoms with Gasteiger partial charge in [-0.15, -0.1) is 11.3 Å². The van der Waals surface area contributed by atoms with Gasteiger partial charge in [0.15, 0.2) is 0 Å². The number of carboxylic acids is 1. The van der Waals surface area contributed by atoms with Crippen molar-refractivity contribution in [1.82, 2.24) is 10.3 Å². The minimum absolute atomic E-state index is 0.0330.